The van der Waals surface area contributed by atoms with Crippen molar-refractivity contribution in [3.63, 3.8) is 0 Å². The number of piperazine rings is 1. The first-order valence-corrected chi connectivity index (χ1v) is 15.4. The molecule has 1 aliphatic rings. The summed E-state index contributed by atoms with van der Waals surface area (Å²) in [5.74, 6) is -0.150. The third kappa shape index (κ3) is 7.86. The zero-order chi connectivity index (χ0) is 29.9. The van der Waals surface area contributed by atoms with Gasteiger partial charge in [0.05, 0.1) is 27.4 Å². The Morgan fingerprint density at radius 1 is 0.927 bits per heavy atom. The van der Waals surface area contributed by atoms with Crippen LogP contribution in [-0.4, -0.2) is 55.5 Å². The fourth-order valence-corrected chi connectivity index (χ4v) is 6.12. The molecule has 4 rings (SSSR count). The number of halogens is 3. The predicted molar refractivity (Wildman–Crippen MR) is 161 cm³/mol. The number of amides is 2. The molecule has 1 aliphatic heterocycles. The summed E-state index contributed by atoms with van der Waals surface area (Å²) >= 11 is 18.4. The van der Waals surface area contributed by atoms with E-state index < -0.39 is 27.8 Å². The summed E-state index contributed by atoms with van der Waals surface area (Å²) in [4.78, 5) is 29.6. The van der Waals surface area contributed by atoms with E-state index in [0.29, 0.717) is 29.4 Å². The van der Waals surface area contributed by atoms with Gasteiger partial charge in [-0.3, -0.25) is 9.52 Å². The number of carbonyl (C=O) groups excluding carboxylic acids is 2. The summed E-state index contributed by atoms with van der Waals surface area (Å²) in [7, 11) is -3.89. The topological polar surface area (TPSA) is 96.0 Å². The van der Waals surface area contributed by atoms with E-state index in [1.54, 1.807) is 60.9 Å². The Kier molecular flexibility index (Phi) is 9.43. The first kappa shape index (κ1) is 31.0. The smallest absolute Gasteiger partial charge is 0.410 e. The van der Waals surface area contributed by atoms with Crippen molar-refractivity contribution in [2.24, 2.45) is 0 Å². The van der Waals surface area contributed by atoms with Crippen molar-refractivity contribution in [3.8, 4) is 0 Å². The number of sulfonamides is 1. The van der Waals surface area contributed by atoms with Crippen molar-refractivity contribution in [2.75, 3.05) is 24.4 Å². The van der Waals surface area contributed by atoms with Crippen molar-refractivity contribution in [2.45, 2.75) is 43.7 Å². The average Bonchev–Trinajstić information content (AvgIpc) is 2.90. The molecule has 2 amide bonds. The summed E-state index contributed by atoms with van der Waals surface area (Å²) in [6, 6.07) is 17.4. The summed E-state index contributed by atoms with van der Waals surface area (Å²) in [6.45, 7) is 6.27. The Balaban J connectivity index is 1.48. The number of hydrogen-bond acceptors (Lipinski definition) is 5. The van der Waals surface area contributed by atoms with E-state index in [1.807, 2.05) is 18.2 Å². The Hall–Kier alpha value is -2.98. The van der Waals surface area contributed by atoms with Gasteiger partial charge in [0, 0.05) is 30.3 Å². The molecule has 3 aromatic rings. The van der Waals surface area contributed by atoms with Gasteiger partial charge in [0.15, 0.2) is 0 Å². The molecule has 0 radical (unpaired) electrons. The average molecular weight is 639 g/mol. The molecule has 0 bridgehead atoms. The lowest BCUT2D eigenvalue weighted by molar-refractivity contribution is -0.135. The van der Waals surface area contributed by atoms with Gasteiger partial charge < -0.3 is 14.5 Å². The van der Waals surface area contributed by atoms with Crippen molar-refractivity contribution < 1.29 is 22.7 Å². The second-order valence-corrected chi connectivity index (χ2v) is 13.5. The van der Waals surface area contributed by atoms with Gasteiger partial charge >= 0.3 is 6.09 Å². The first-order chi connectivity index (χ1) is 19.2. The largest absolute Gasteiger partial charge is 0.444 e. The molecule has 0 saturated carbocycles. The second kappa shape index (κ2) is 12.5. The summed E-state index contributed by atoms with van der Waals surface area (Å²) < 4.78 is 33.6. The van der Waals surface area contributed by atoms with Gasteiger partial charge in [-0.25, -0.2) is 13.2 Å². The van der Waals surface area contributed by atoms with E-state index in [9.17, 15) is 18.0 Å². The summed E-state index contributed by atoms with van der Waals surface area (Å²) in [6.07, 6.45) is -0.367. The van der Waals surface area contributed by atoms with Crippen LogP contribution in [0.15, 0.2) is 71.6 Å². The van der Waals surface area contributed by atoms with Gasteiger partial charge in [0.2, 0.25) is 5.91 Å². The summed E-state index contributed by atoms with van der Waals surface area (Å²) in [5, 5.41) is 0.882. The number of hydrogen-bond donors (Lipinski definition) is 1. The molecule has 218 valence electrons. The van der Waals surface area contributed by atoms with Crippen LogP contribution in [0.4, 0.5) is 10.5 Å². The quantitative estimate of drug-likeness (QED) is 0.320. The maximum atomic E-state index is 13.5. The maximum absolute atomic E-state index is 13.5. The van der Waals surface area contributed by atoms with E-state index >= 15 is 0 Å². The lowest BCUT2D eigenvalue weighted by Gasteiger charge is -2.42. The highest BCUT2D eigenvalue weighted by molar-refractivity contribution is 7.92. The molecule has 12 heteroatoms. The lowest BCUT2D eigenvalue weighted by Crippen LogP contribution is -2.53. The normalized spacial score (nSPS) is 15.9. The van der Waals surface area contributed by atoms with Crippen molar-refractivity contribution >= 4 is 62.5 Å². The number of benzene rings is 3. The van der Waals surface area contributed by atoms with Crippen LogP contribution in [-0.2, 0) is 26.0 Å². The molecule has 0 aromatic heterocycles. The van der Waals surface area contributed by atoms with E-state index in [0.717, 1.165) is 5.56 Å². The monoisotopic (exact) mass is 637 g/mol. The van der Waals surface area contributed by atoms with Crippen molar-refractivity contribution in [3.05, 3.63) is 92.9 Å². The number of nitrogens with zero attached hydrogens (tertiary/aromatic N) is 2. The van der Waals surface area contributed by atoms with E-state index in [4.69, 9.17) is 39.5 Å². The minimum atomic E-state index is -3.89. The molecule has 1 unspecified atom stereocenters. The van der Waals surface area contributed by atoms with Gasteiger partial charge in [-0.2, -0.15) is 0 Å². The number of ether oxygens (including phenoxy) is 1. The number of nitrogens with one attached hydrogen (secondary N) is 1. The Morgan fingerprint density at radius 3 is 2.24 bits per heavy atom. The lowest BCUT2D eigenvalue weighted by atomic mass is 10.0. The molecule has 0 aliphatic carbocycles. The molecule has 1 saturated heterocycles. The number of rotatable bonds is 6. The molecule has 0 spiro atoms. The van der Waals surface area contributed by atoms with Crippen LogP contribution >= 0.6 is 34.8 Å². The van der Waals surface area contributed by atoms with Crippen LogP contribution in [0.5, 0.6) is 0 Å². The van der Waals surface area contributed by atoms with Crippen LogP contribution in [0.1, 0.15) is 37.9 Å². The highest BCUT2D eigenvalue weighted by Gasteiger charge is 2.36. The molecule has 1 atom stereocenters. The van der Waals surface area contributed by atoms with Crippen LogP contribution in [0.25, 0.3) is 0 Å². The Labute approximate surface area is 255 Å². The van der Waals surface area contributed by atoms with Gasteiger partial charge in [-0.05, 0) is 68.3 Å². The zero-order valence-electron chi connectivity index (χ0n) is 22.7. The first-order valence-electron chi connectivity index (χ1n) is 12.8. The molecular formula is C29H30Cl3N3O5S. The molecule has 3 aromatic carbocycles. The van der Waals surface area contributed by atoms with Gasteiger partial charge in [-0.1, -0.05) is 65.1 Å². The fourth-order valence-electron chi connectivity index (χ4n) is 4.41. The van der Waals surface area contributed by atoms with Crippen molar-refractivity contribution in [1.29, 1.82) is 0 Å². The van der Waals surface area contributed by atoms with Gasteiger partial charge in [-0.15, -0.1) is 0 Å². The predicted octanol–water partition coefficient (Wildman–Crippen LogP) is 6.81. The Bertz CT molecular complexity index is 1540. The molecule has 1 heterocycles. The highest BCUT2D eigenvalue weighted by atomic mass is 35.5. The van der Waals surface area contributed by atoms with E-state index in [2.05, 4.69) is 4.72 Å². The minimum Gasteiger partial charge on any atom is -0.444 e. The highest BCUT2D eigenvalue weighted by Crippen LogP contribution is 2.32. The Morgan fingerprint density at radius 2 is 1.61 bits per heavy atom. The van der Waals surface area contributed by atoms with E-state index in [1.165, 1.54) is 18.2 Å². The molecule has 1 N–H and O–H groups in total. The molecule has 8 nitrogen and oxygen atoms in total. The molecule has 1 fully saturated rings. The molecule has 41 heavy (non-hydrogen) atoms. The third-order valence-corrected chi connectivity index (χ3v) is 8.84. The number of carbonyl (C=O) groups is 2. The van der Waals surface area contributed by atoms with Crippen molar-refractivity contribution in [1.82, 2.24) is 9.80 Å². The summed E-state index contributed by atoms with van der Waals surface area (Å²) in [5.41, 5.74) is 1.11. The SMILES string of the molecule is CC(C)(C)OC(=O)N1CCN(C(=O)Cc2ccc(NS(=O)(=O)c3ccc(Cl)c(Cl)c3)cc2)C(c2ccccc2Cl)C1. The standard InChI is InChI=1S/C29H30Cl3N3O5S/c1-29(2,3)40-28(37)34-14-15-35(26(18-34)22-6-4-5-7-23(22)30)27(36)16-19-8-10-20(11-9-19)33-41(38,39)21-12-13-24(31)25(32)17-21/h4-13,17,26,33H,14-16,18H2,1-3H3. The minimum absolute atomic E-state index is 0.0257. The fraction of sp³-hybridized carbons (Fsp3) is 0.310. The van der Waals surface area contributed by atoms with Gasteiger partial charge in [0.1, 0.15) is 5.60 Å². The van der Waals surface area contributed by atoms with Gasteiger partial charge in [0.25, 0.3) is 10.0 Å². The third-order valence-electron chi connectivity index (χ3n) is 6.38. The van der Waals surface area contributed by atoms with Crippen LogP contribution in [0, 0.1) is 0 Å². The maximum Gasteiger partial charge on any atom is 0.410 e. The number of anilines is 1. The zero-order valence-corrected chi connectivity index (χ0v) is 25.8. The van der Waals surface area contributed by atoms with Crippen LogP contribution in [0.3, 0.4) is 0 Å². The van der Waals surface area contributed by atoms with E-state index in [-0.39, 0.29) is 33.8 Å². The second-order valence-electron chi connectivity index (χ2n) is 10.6. The van der Waals surface area contributed by atoms with Crippen LogP contribution < -0.4 is 4.72 Å². The molecular weight excluding hydrogens is 609 g/mol. The van der Waals surface area contributed by atoms with Crippen LogP contribution in [0.2, 0.25) is 15.1 Å².